The van der Waals surface area contributed by atoms with E-state index in [2.05, 4.69) is 98.1 Å². The van der Waals surface area contributed by atoms with Gasteiger partial charge >= 0.3 is 0 Å². The molecule has 2 nitrogen and oxygen atoms in total. The molecule has 0 bridgehead atoms. The monoisotopic (exact) mass is 721 g/mol. The normalized spacial score (nSPS) is 11.2. The standard InChI is InChI=1S/C20H18NSSi.C14H14N.Ir/c1-23(2,3)18-12-7-11-17-19(18)15-9-6-8-14(20(15)22-17)16-10-4-5-13-21-16;1-11(2)13-8-9-15-14(10-13)12-6-4-3-5-7-12;/h4-7,9-13H,1-3H3;3-6,8-11H,1-2H3;/q2*-1;. The predicted octanol–water partition coefficient (Wildman–Crippen LogP) is 9.13. The molecular weight excluding hydrogens is 689 g/mol. The van der Waals surface area contributed by atoms with Gasteiger partial charge < -0.3 is 9.97 Å². The van der Waals surface area contributed by atoms with Crippen molar-refractivity contribution >= 4 is 44.8 Å². The Labute approximate surface area is 250 Å². The number of thiophene rings is 1. The molecule has 0 fully saturated rings. The van der Waals surface area contributed by atoms with E-state index in [-0.39, 0.29) is 20.1 Å². The Kier molecular flexibility index (Phi) is 9.29. The van der Waals surface area contributed by atoms with Gasteiger partial charge in [0.15, 0.2) is 0 Å². The maximum Gasteiger partial charge on any atom is 0.0783 e. The van der Waals surface area contributed by atoms with E-state index >= 15 is 0 Å². The van der Waals surface area contributed by atoms with Gasteiger partial charge in [-0.05, 0) is 45.6 Å². The maximum atomic E-state index is 4.52. The van der Waals surface area contributed by atoms with Crippen LogP contribution in [0.5, 0.6) is 0 Å². The number of pyridine rings is 2. The van der Waals surface area contributed by atoms with Crippen LogP contribution in [-0.4, -0.2) is 18.0 Å². The Morgan fingerprint density at radius 1 is 0.769 bits per heavy atom. The Morgan fingerprint density at radius 2 is 1.56 bits per heavy atom. The van der Waals surface area contributed by atoms with Crippen molar-refractivity contribution in [2.75, 3.05) is 0 Å². The quantitative estimate of drug-likeness (QED) is 0.134. The minimum absolute atomic E-state index is 0. The number of benzene rings is 3. The molecule has 6 rings (SSSR count). The van der Waals surface area contributed by atoms with E-state index < -0.39 is 8.07 Å². The van der Waals surface area contributed by atoms with Gasteiger partial charge in [-0.25, -0.2) is 0 Å². The molecule has 3 aromatic heterocycles. The van der Waals surface area contributed by atoms with Crippen molar-refractivity contribution in [2.45, 2.75) is 39.4 Å². The topological polar surface area (TPSA) is 25.8 Å². The molecule has 39 heavy (non-hydrogen) atoms. The van der Waals surface area contributed by atoms with Crippen molar-refractivity contribution < 1.29 is 20.1 Å². The summed E-state index contributed by atoms with van der Waals surface area (Å²) in [6.07, 6.45) is 3.72. The molecule has 199 valence electrons. The average Bonchev–Trinajstić information content (AvgIpc) is 3.33. The first-order valence-electron chi connectivity index (χ1n) is 13.0. The number of rotatable bonds is 4. The van der Waals surface area contributed by atoms with Crippen molar-refractivity contribution in [3.63, 3.8) is 0 Å². The van der Waals surface area contributed by atoms with Gasteiger partial charge in [0.05, 0.1) is 8.07 Å². The van der Waals surface area contributed by atoms with Crippen LogP contribution >= 0.6 is 11.3 Å². The van der Waals surface area contributed by atoms with E-state index in [4.69, 9.17) is 0 Å². The summed E-state index contributed by atoms with van der Waals surface area (Å²) in [6, 6.07) is 35.8. The van der Waals surface area contributed by atoms with Crippen molar-refractivity contribution in [3.05, 3.63) is 115 Å². The molecule has 0 amide bonds. The van der Waals surface area contributed by atoms with Gasteiger partial charge in [-0.2, -0.15) is 11.3 Å². The van der Waals surface area contributed by atoms with Crippen LogP contribution in [0, 0.1) is 12.1 Å². The smallest absolute Gasteiger partial charge is 0.0783 e. The molecule has 0 saturated heterocycles. The van der Waals surface area contributed by atoms with E-state index in [9.17, 15) is 0 Å². The second-order valence-corrected chi connectivity index (χ2v) is 16.8. The van der Waals surface area contributed by atoms with Crippen LogP contribution in [0.2, 0.25) is 19.6 Å². The third kappa shape index (κ3) is 6.45. The Morgan fingerprint density at radius 3 is 2.26 bits per heavy atom. The van der Waals surface area contributed by atoms with Crippen LogP contribution in [0.3, 0.4) is 0 Å². The number of hydrogen-bond acceptors (Lipinski definition) is 3. The van der Waals surface area contributed by atoms with Crippen molar-refractivity contribution in [2.24, 2.45) is 0 Å². The Bertz CT molecular complexity index is 1670. The minimum Gasteiger partial charge on any atom is -0.305 e. The molecule has 0 unspecified atom stereocenters. The van der Waals surface area contributed by atoms with E-state index in [1.54, 1.807) is 5.19 Å². The fourth-order valence-corrected chi connectivity index (χ4v) is 7.56. The molecule has 3 aromatic carbocycles. The first kappa shape index (κ1) is 29.0. The van der Waals surface area contributed by atoms with Crippen LogP contribution in [0.4, 0.5) is 0 Å². The summed E-state index contributed by atoms with van der Waals surface area (Å²) in [5, 5.41) is 4.33. The summed E-state index contributed by atoms with van der Waals surface area (Å²) in [5.41, 5.74) is 5.49. The van der Waals surface area contributed by atoms with E-state index in [1.165, 1.54) is 25.7 Å². The minimum atomic E-state index is -1.39. The van der Waals surface area contributed by atoms with Crippen molar-refractivity contribution in [1.82, 2.24) is 9.97 Å². The van der Waals surface area contributed by atoms with Crippen molar-refractivity contribution in [3.8, 4) is 22.5 Å². The molecule has 0 atom stereocenters. The average molecular weight is 721 g/mol. The summed E-state index contributed by atoms with van der Waals surface area (Å²) < 4.78 is 2.67. The zero-order chi connectivity index (χ0) is 26.7. The third-order valence-corrected chi connectivity index (χ3v) is 9.84. The number of nitrogens with zero attached hydrogens (tertiary/aromatic N) is 2. The first-order chi connectivity index (χ1) is 18.3. The zero-order valence-electron chi connectivity index (χ0n) is 23.0. The fourth-order valence-electron chi connectivity index (χ4n) is 4.62. The van der Waals surface area contributed by atoms with Crippen LogP contribution < -0.4 is 5.19 Å². The van der Waals surface area contributed by atoms with E-state index in [0.717, 1.165) is 22.5 Å². The molecule has 0 aliphatic heterocycles. The molecule has 0 N–H and O–H groups in total. The largest absolute Gasteiger partial charge is 0.305 e. The molecule has 0 spiro atoms. The summed E-state index contributed by atoms with van der Waals surface area (Å²) in [5.74, 6) is 0.537. The molecular formula is C34H32IrN2SSi-2. The van der Waals surface area contributed by atoms with Gasteiger partial charge in [-0.15, -0.1) is 59.7 Å². The number of aromatic nitrogens is 2. The Hall–Kier alpha value is -2.95. The number of hydrogen-bond donors (Lipinski definition) is 0. The first-order valence-corrected chi connectivity index (χ1v) is 17.4. The second kappa shape index (κ2) is 12.5. The van der Waals surface area contributed by atoms with Crippen LogP contribution in [0.25, 0.3) is 42.7 Å². The molecule has 0 saturated carbocycles. The molecule has 6 aromatic rings. The predicted molar refractivity (Wildman–Crippen MR) is 167 cm³/mol. The summed E-state index contributed by atoms with van der Waals surface area (Å²) in [6.45, 7) is 11.6. The van der Waals surface area contributed by atoms with Crippen LogP contribution in [-0.2, 0) is 20.1 Å². The summed E-state index contributed by atoms with van der Waals surface area (Å²) in [7, 11) is -1.39. The van der Waals surface area contributed by atoms with Crippen LogP contribution in [0.1, 0.15) is 25.3 Å². The van der Waals surface area contributed by atoms with Gasteiger partial charge in [0.25, 0.3) is 0 Å². The van der Waals surface area contributed by atoms with Crippen molar-refractivity contribution in [1.29, 1.82) is 0 Å². The summed E-state index contributed by atoms with van der Waals surface area (Å²) in [4.78, 5) is 8.89. The Balaban J connectivity index is 0.000000192. The molecule has 3 heterocycles. The van der Waals surface area contributed by atoms with Crippen LogP contribution in [0.15, 0.2) is 97.3 Å². The molecule has 0 aliphatic rings. The van der Waals surface area contributed by atoms with Gasteiger partial charge in [-0.3, -0.25) is 0 Å². The van der Waals surface area contributed by atoms with Gasteiger partial charge in [0.2, 0.25) is 0 Å². The van der Waals surface area contributed by atoms with E-state index in [0.29, 0.717) is 5.92 Å². The fraction of sp³-hybridized carbons (Fsp3) is 0.176. The van der Waals surface area contributed by atoms with Gasteiger partial charge in [-0.1, -0.05) is 80.0 Å². The SMILES string of the molecule is CC(C)c1ccnc(-c2[c-]cccc2)c1.C[Si](C)(C)c1cccc2sc3c(-c4ccccn4)[c-]ccc3c12.[Ir]. The second-order valence-electron chi connectivity index (χ2n) is 10.7. The number of fused-ring (bicyclic) bond motifs is 3. The zero-order valence-corrected chi connectivity index (χ0v) is 27.2. The van der Waals surface area contributed by atoms with Gasteiger partial charge in [0, 0.05) is 37.2 Å². The molecule has 1 radical (unpaired) electrons. The van der Waals surface area contributed by atoms with E-state index in [1.807, 2.05) is 66.2 Å². The molecule has 5 heteroatoms. The third-order valence-electron chi connectivity index (χ3n) is 6.62. The maximum absolute atomic E-state index is 4.52. The molecule has 0 aliphatic carbocycles. The van der Waals surface area contributed by atoms with Gasteiger partial charge in [0.1, 0.15) is 0 Å². The summed E-state index contributed by atoms with van der Waals surface area (Å²) >= 11 is 1.86.